The van der Waals surface area contributed by atoms with E-state index in [2.05, 4.69) is 43.6 Å². The van der Waals surface area contributed by atoms with E-state index in [4.69, 9.17) is 9.47 Å². The van der Waals surface area contributed by atoms with Gasteiger partial charge < -0.3 is 14.4 Å². The first-order valence-electron chi connectivity index (χ1n) is 15.0. The first kappa shape index (κ1) is 28.7. The molecule has 0 unspecified atom stereocenters. The number of hydrogen-bond acceptors (Lipinski definition) is 6. The number of nitrogens with zero attached hydrogens (tertiary/aromatic N) is 2. The normalized spacial score (nSPS) is 22.6. The van der Waals surface area contributed by atoms with Gasteiger partial charge in [-0.25, -0.2) is 4.39 Å². The molecule has 4 aliphatic rings. The Bertz CT molecular complexity index is 1430. The Morgan fingerprint density at radius 1 is 0.833 bits per heavy atom. The molecule has 0 aromatic heterocycles. The molecule has 2 heterocycles. The highest BCUT2D eigenvalue weighted by molar-refractivity contribution is 6.06. The van der Waals surface area contributed by atoms with Crippen LogP contribution in [0.25, 0.3) is 0 Å². The number of piperazine rings is 1. The molecule has 2 aliphatic carbocycles. The molecular weight excluding hydrogens is 531 g/mol. The van der Waals surface area contributed by atoms with Gasteiger partial charge in [-0.05, 0) is 52.8 Å². The predicted octanol–water partition coefficient (Wildman–Crippen LogP) is 6.56. The molecule has 222 valence electrons. The molecule has 0 amide bonds. The summed E-state index contributed by atoms with van der Waals surface area (Å²) in [5, 5.41) is 0. The van der Waals surface area contributed by atoms with Crippen LogP contribution in [0.3, 0.4) is 0 Å². The largest absolute Gasteiger partial charge is 0.496 e. The van der Waals surface area contributed by atoms with Crippen LogP contribution in [-0.2, 0) is 20.9 Å². The maximum absolute atomic E-state index is 13.7. The van der Waals surface area contributed by atoms with Gasteiger partial charge in [0, 0.05) is 86.7 Å². The van der Waals surface area contributed by atoms with Gasteiger partial charge in [-0.3, -0.25) is 14.5 Å². The summed E-state index contributed by atoms with van der Waals surface area (Å²) in [6.07, 6.45) is 2.24. The number of carbonyl (C=O) groups is 2. The molecular formula is C35H41FN2O4. The lowest BCUT2D eigenvalue weighted by Gasteiger charge is -2.43. The second-order valence-electron chi connectivity index (χ2n) is 13.9. The van der Waals surface area contributed by atoms with E-state index < -0.39 is 5.92 Å². The van der Waals surface area contributed by atoms with Crippen LogP contribution in [-0.4, -0.2) is 49.8 Å². The van der Waals surface area contributed by atoms with Crippen molar-refractivity contribution in [2.45, 2.75) is 65.8 Å². The van der Waals surface area contributed by atoms with E-state index >= 15 is 0 Å². The lowest BCUT2D eigenvalue weighted by Crippen LogP contribution is -2.46. The molecule has 0 spiro atoms. The summed E-state index contributed by atoms with van der Waals surface area (Å²) in [6.45, 7) is 12.5. The minimum absolute atomic E-state index is 0.0738. The Hall–Kier alpha value is -3.45. The van der Waals surface area contributed by atoms with Crippen LogP contribution in [0.2, 0.25) is 0 Å². The van der Waals surface area contributed by atoms with Crippen molar-refractivity contribution in [2.24, 2.45) is 10.8 Å². The highest BCUT2D eigenvalue weighted by atomic mass is 19.1. The molecule has 1 fully saturated rings. The Morgan fingerprint density at radius 2 is 1.40 bits per heavy atom. The molecule has 0 atom stereocenters. The maximum atomic E-state index is 13.7. The zero-order valence-electron chi connectivity index (χ0n) is 25.4. The van der Waals surface area contributed by atoms with E-state index in [1.54, 1.807) is 7.11 Å². The van der Waals surface area contributed by atoms with Crippen LogP contribution in [0.15, 0.2) is 65.1 Å². The average Bonchev–Trinajstić information content (AvgIpc) is 2.91. The van der Waals surface area contributed by atoms with Gasteiger partial charge in [0.15, 0.2) is 11.6 Å². The number of ketones is 2. The van der Waals surface area contributed by atoms with E-state index in [-0.39, 0.29) is 28.2 Å². The van der Waals surface area contributed by atoms with E-state index in [1.165, 1.54) is 12.1 Å². The Labute approximate surface area is 248 Å². The summed E-state index contributed by atoms with van der Waals surface area (Å²) in [7, 11) is 1.68. The van der Waals surface area contributed by atoms with Gasteiger partial charge in [-0.2, -0.15) is 0 Å². The Morgan fingerprint density at radius 3 is 1.95 bits per heavy atom. The fourth-order valence-corrected chi connectivity index (χ4v) is 7.17. The standard InChI is InChI=1S/C35H41FN2O4/c1-34(2)17-26(39)32-29(19-34)42-30-20-35(3,4)18-27(40)33(30)31(32)22-6-11-28(41-5)23(16-22)21-37-12-14-38(15-13-37)25-9-7-24(36)8-10-25/h6-11,16,31H,12-15,17-21H2,1-5H3. The molecule has 0 radical (unpaired) electrons. The van der Waals surface area contributed by atoms with Gasteiger partial charge in [0.2, 0.25) is 0 Å². The van der Waals surface area contributed by atoms with Crippen molar-refractivity contribution < 1.29 is 23.5 Å². The summed E-state index contributed by atoms with van der Waals surface area (Å²) in [5.74, 6) is 1.77. The number of hydrogen-bond donors (Lipinski definition) is 0. The molecule has 0 bridgehead atoms. The van der Waals surface area contributed by atoms with E-state index in [1.807, 2.05) is 24.3 Å². The second kappa shape index (κ2) is 10.7. The molecule has 2 aliphatic heterocycles. The molecule has 1 saturated heterocycles. The summed E-state index contributed by atoms with van der Waals surface area (Å²) < 4.78 is 25.7. The maximum Gasteiger partial charge on any atom is 0.163 e. The molecule has 6 rings (SSSR count). The number of Topliss-reactive ketones (excluding diaryl/α,β-unsaturated/α-hetero) is 2. The van der Waals surface area contributed by atoms with Gasteiger partial charge >= 0.3 is 0 Å². The lowest BCUT2D eigenvalue weighted by atomic mass is 9.65. The minimum Gasteiger partial charge on any atom is -0.496 e. The zero-order chi connectivity index (χ0) is 29.8. The fraction of sp³-hybridized carbons (Fsp3) is 0.486. The van der Waals surface area contributed by atoms with Crippen LogP contribution >= 0.6 is 0 Å². The Balaban J connectivity index is 1.32. The van der Waals surface area contributed by atoms with Gasteiger partial charge in [-0.15, -0.1) is 0 Å². The molecule has 2 aromatic rings. The van der Waals surface area contributed by atoms with Crippen LogP contribution in [0.4, 0.5) is 10.1 Å². The van der Waals surface area contributed by atoms with Crippen LogP contribution in [0, 0.1) is 16.6 Å². The summed E-state index contributed by atoms with van der Waals surface area (Å²) >= 11 is 0. The van der Waals surface area contributed by atoms with Crippen molar-refractivity contribution in [2.75, 3.05) is 38.2 Å². The van der Waals surface area contributed by atoms with Crippen LogP contribution in [0.1, 0.15) is 70.4 Å². The summed E-state index contributed by atoms with van der Waals surface area (Å²) in [6, 6.07) is 12.8. The number of methoxy groups -OCH3 is 1. The quantitative estimate of drug-likeness (QED) is 0.405. The summed E-state index contributed by atoms with van der Waals surface area (Å²) in [4.78, 5) is 32.1. The third-order valence-corrected chi connectivity index (χ3v) is 9.18. The van der Waals surface area contributed by atoms with Crippen molar-refractivity contribution in [1.29, 1.82) is 0 Å². The number of allylic oxidation sites excluding steroid dienone is 4. The van der Waals surface area contributed by atoms with E-state index in [0.29, 0.717) is 43.4 Å². The van der Waals surface area contributed by atoms with Crippen LogP contribution < -0.4 is 9.64 Å². The van der Waals surface area contributed by atoms with E-state index in [0.717, 1.165) is 60.3 Å². The average molecular weight is 573 g/mol. The zero-order valence-corrected chi connectivity index (χ0v) is 25.4. The highest BCUT2D eigenvalue weighted by Crippen LogP contribution is 2.53. The lowest BCUT2D eigenvalue weighted by molar-refractivity contribution is -0.120. The smallest absolute Gasteiger partial charge is 0.163 e. The van der Waals surface area contributed by atoms with Gasteiger partial charge in [0.05, 0.1) is 7.11 Å². The number of halogens is 1. The SMILES string of the molecule is COc1ccc(C2C3=C(CC(C)(C)CC3=O)OC3=C2C(=O)CC(C)(C)C3)cc1CN1CCN(c2ccc(F)cc2)CC1. The van der Waals surface area contributed by atoms with Crippen molar-refractivity contribution >= 4 is 17.3 Å². The molecule has 42 heavy (non-hydrogen) atoms. The molecule has 0 saturated carbocycles. The number of benzene rings is 2. The first-order valence-corrected chi connectivity index (χ1v) is 15.0. The third kappa shape index (κ3) is 5.51. The van der Waals surface area contributed by atoms with Gasteiger partial charge in [-0.1, -0.05) is 33.8 Å². The number of ether oxygens (including phenoxy) is 2. The number of anilines is 1. The fourth-order valence-electron chi connectivity index (χ4n) is 7.17. The predicted molar refractivity (Wildman–Crippen MR) is 161 cm³/mol. The summed E-state index contributed by atoms with van der Waals surface area (Å²) in [5.41, 5.74) is 3.95. The molecule has 2 aromatic carbocycles. The topological polar surface area (TPSA) is 59.1 Å². The van der Waals surface area contributed by atoms with Crippen molar-refractivity contribution in [1.82, 2.24) is 4.90 Å². The Kier molecular flexibility index (Phi) is 7.28. The van der Waals surface area contributed by atoms with Crippen LogP contribution in [0.5, 0.6) is 5.75 Å². The molecule has 6 nitrogen and oxygen atoms in total. The number of carbonyl (C=O) groups excluding carboxylic acids is 2. The minimum atomic E-state index is -0.420. The third-order valence-electron chi connectivity index (χ3n) is 9.18. The van der Waals surface area contributed by atoms with Crippen molar-refractivity contribution in [3.05, 3.63) is 82.1 Å². The second-order valence-corrected chi connectivity index (χ2v) is 13.9. The first-order chi connectivity index (χ1) is 19.9. The molecule has 7 heteroatoms. The van der Waals surface area contributed by atoms with Crippen molar-refractivity contribution in [3.8, 4) is 5.75 Å². The molecule has 0 N–H and O–H groups in total. The van der Waals surface area contributed by atoms with E-state index in [9.17, 15) is 14.0 Å². The van der Waals surface area contributed by atoms with Gasteiger partial charge in [0.25, 0.3) is 0 Å². The number of rotatable bonds is 5. The highest BCUT2D eigenvalue weighted by Gasteiger charge is 2.48. The van der Waals surface area contributed by atoms with Crippen molar-refractivity contribution in [3.63, 3.8) is 0 Å². The van der Waals surface area contributed by atoms with Gasteiger partial charge in [0.1, 0.15) is 23.1 Å². The monoisotopic (exact) mass is 572 g/mol.